The summed E-state index contributed by atoms with van der Waals surface area (Å²) in [6.45, 7) is 0.206. The number of hydrogen-bond donors (Lipinski definition) is 0. The lowest BCUT2D eigenvalue weighted by atomic mass is 10.3. The number of benzene rings is 1. The molecule has 0 aliphatic heterocycles. The molecule has 0 amide bonds. The Morgan fingerprint density at radius 1 is 1.25 bits per heavy atom. The molecule has 0 saturated heterocycles. The third-order valence-electron chi connectivity index (χ3n) is 1.86. The van der Waals surface area contributed by atoms with Crippen molar-refractivity contribution < 1.29 is 23.0 Å². The van der Waals surface area contributed by atoms with Crippen LogP contribution < -0.4 is 4.74 Å². The number of rotatable bonds is 5. The first-order valence-electron chi connectivity index (χ1n) is 4.77. The molecule has 1 rings (SSSR count). The molecule has 1 aromatic rings. The number of esters is 1. The van der Waals surface area contributed by atoms with Crippen molar-refractivity contribution in [3.8, 4) is 5.75 Å². The van der Waals surface area contributed by atoms with Gasteiger partial charge in [0.25, 0.3) is 0 Å². The summed E-state index contributed by atoms with van der Waals surface area (Å²) in [6.07, 6.45) is 0.652. The zero-order chi connectivity index (χ0) is 12.0. The van der Waals surface area contributed by atoms with E-state index in [-0.39, 0.29) is 24.7 Å². The summed E-state index contributed by atoms with van der Waals surface area (Å²) in [7, 11) is 1.30. The second kappa shape index (κ2) is 6.05. The Balaban J connectivity index is 2.34. The molecule has 5 heteroatoms. The van der Waals surface area contributed by atoms with Crippen LogP contribution in [0.4, 0.5) is 8.78 Å². The molecular formula is C11H12F2O3. The third kappa shape index (κ3) is 4.25. The summed E-state index contributed by atoms with van der Waals surface area (Å²) in [4.78, 5) is 10.7. The normalized spacial score (nSPS) is 9.94. The molecule has 0 unspecified atom stereocenters. The van der Waals surface area contributed by atoms with E-state index in [2.05, 4.69) is 4.74 Å². The van der Waals surface area contributed by atoms with E-state index < -0.39 is 11.6 Å². The molecule has 0 fully saturated rings. The Kier molecular flexibility index (Phi) is 4.69. The molecule has 0 radical (unpaired) electrons. The Morgan fingerprint density at radius 2 is 1.88 bits per heavy atom. The van der Waals surface area contributed by atoms with Crippen LogP contribution in [-0.4, -0.2) is 19.7 Å². The minimum Gasteiger partial charge on any atom is -0.493 e. The lowest BCUT2D eigenvalue weighted by Gasteiger charge is -2.05. The van der Waals surface area contributed by atoms with Crippen LogP contribution in [0.5, 0.6) is 5.75 Å². The smallest absolute Gasteiger partial charge is 0.305 e. The van der Waals surface area contributed by atoms with Crippen LogP contribution >= 0.6 is 0 Å². The highest BCUT2D eigenvalue weighted by molar-refractivity contribution is 5.68. The molecule has 0 atom stereocenters. The predicted octanol–water partition coefficient (Wildman–Crippen LogP) is 2.30. The molecule has 0 N–H and O–H groups in total. The van der Waals surface area contributed by atoms with Gasteiger partial charge in [-0.15, -0.1) is 0 Å². The molecule has 0 aliphatic rings. The first-order valence-corrected chi connectivity index (χ1v) is 4.77. The van der Waals surface area contributed by atoms with Crippen LogP contribution in [0.3, 0.4) is 0 Å². The molecule has 3 nitrogen and oxygen atoms in total. The zero-order valence-electron chi connectivity index (χ0n) is 8.83. The maximum atomic E-state index is 12.7. The topological polar surface area (TPSA) is 35.5 Å². The molecule has 0 aromatic heterocycles. The van der Waals surface area contributed by atoms with Crippen molar-refractivity contribution in [1.29, 1.82) is 0 Å². The lowest BCUT2D eigenvalue weighted by Crippen LogP contribution is -2.04. The van der Waals surface area contributed by atoms with Gasteiger partial charge >= 0.3 is 5.97 Å². The second-order valence-corrected chi connectivity index (χ2v) is 3.13. The Bertz CT molecular complexity index is 346. The molecule has 88 valence electrons. The summed E-state index contributed by atoms with van der Waals surface area (Å²) in [5, 5.41) is 0. The van der Waals surface area contributed by atoms with Crippen molar-refractivity contribution in [2.45, 2.75) is 12.8 Å². The van der Waals surface area contributed by atoms with Crippen LogP contribution in [0, 0.1) is 11.6 Å². The van der Waals surface area contributed by atoms with Gasteiger partial charge in [-0.25, -0.2) is 8.78 Å². The second-order valence-electron chi connectivity index (χ2n) is 3.13. The van der Waals surface area contributed by atoms with Gasteiger partial charge in [0.1, 0.15) is 17.4 Å². The zero-order valence-corrected chi connectivity index (χ0v) is 8.83. The van der Waals surface area contributed by atoms with Gasteiger partial charge < -0.3 is 9.47 Å². The highest BCUT2D eigenvalue weighted by atomic mass is 19.1. The van der Waals surface area contributed by atoms with Gasteiger partial charge in [0, 0.05) is 24.6 Å². The van der Waals surface area contributed by atoms with E-state index in [0.29, 0.717) is 6.42 Å². The molecule has 0 bridgehead atoms. The Labute approximate surface area is 92.0 Å². The minimum atomic E-state index is -0.692. The summed E-state index contributed by atoms with van der Waals surface area (Å²) in [5.74, 6) is -1.61. The number of ether oxygens (including phenoxy) is 2. The molecule has 0 aliphatic carbocycles. The van der Waals surface area contributed by atoms with Gasteiger partial charge in [0.05, 0.1) is 13.7 Å². The van der Waals surface area contributed by atoms with Gasteiger partial charge in [-0.1, -0.05) is 0 Å². The van der Waals surface area contributed by atoms with Gasteiger partial charge in [-0.05, 0) is 6.42 Å². The molecule has 1 aromatic carbocycles. The standard InChI is InChI=1S/C11H12F2O3/c1-15-11(14)3-2-4-16-10-6-8(12)5-9(13)7-10/h5-7H,2-4H2,1H3. The molecule has 0 spiro atoms. The fraction of sp³-hybridized carbons (Fsp3) is 0.364. The van der Waals surface area contributed by atoms with Crippen molar-refractivity contribution in [3.05, 3.63) is 29.8 Å². The highest BCUT2D eigenvalue weighted by Crippen LogP contribution is 2.15. The molecule has 16 heavy (non-hydrogen) atoms. The van der Waals surface area contributed by atoms with Crippen LogP contribution in [0.2, 0.25) is 0 Å². The monoisotopic (exact) mass is 230 g/mol. The number of methoxy groups -OCH3 is 1. The first-order chi connectivity index (χ1) is 7.61. The maximum absolute atomic E-state index is 12.7. The van der Waals surface area contributed by atoms with E-state index >= 15 is 0 Å². The van der Waals surface area contributed by atoms with Crippen molar-refractivity contribution in [2.75, 3.05) is 13.7 Å². The predicted molar refractivity (Wildman–Crippen MR) is 53.1 cm³/mol. The molecule has 0 heterocycles. The maximum Gasteiger partial charge on any atom is 0.305 e. The summed E-state index contributed by atoms with van der Waals surface area (Å²) in [6, 6.07) is 2.93. The third-order valence-corrected chi connectivity index (χ3v) is 1.86. The van der Waals surface area contributed by atoms with E-state index in [4.69, 9.17) is 4.74 Å². The molecule has 0 saturated carbocycles. The van der Waals surface area contributed by atoms with Gasteiger partial charge in [0.2, 0.25) is 0 Å². The van der Waals surface area contributed by atoms with Crippen molar-refractivity contribution in [3.63, 3.8) is 0 Å². The first kappa shape index (κ1) is 12.4. The van der Waals surface area contributed by atoms with Crippen molar-refractivity contribution >= 4 is 5.97 Å². The van der Waals surface area contributed by atoms with Crippen LogP contribution in [0.1, 0.15) is 12.8 Å². The number of hydrogen-bond acceptors (Lipinski definition) is 3. The van der Waals surface area contributed by atoms with E-state index in [1.807, 2.05) is 0 Å². The minimum absolute atomic E-state index is 0.113. The van der Waals surface area contributed by atoms with Gasteiger partial charge in [-0.3, -0.25) is 4.79 Å². The Morgan fingerprint density at radius 3 is 2.44 bits per heavy atom. The number of carbonyl (C=O) groups excluding carboxylic acids is 1. The van der Waals surface area contributed by atoms with E-state index in [1.54, 1.807) is 0 Å². The number of halogens is 2. The van der Waals surface area contributed by atoms with Crippen LogP contribution in [0.15, 0.2) is 18.2 Å². The van der Waals surface area contributed by atoms with E-state index in [1.165, 1.54) is 7.11 Å². The lowest BCUT2D eigenvalue weighted by molar-refractivity contribution is -0.140. The average Bonchev–Trinajstić information content (AvgIpc) is 2.22. The quantitative estimate of drug-likeness (QED) is 0.575. The summed E-state index contributed by atoms with van der Waals surface area (Å²) in [5.41, 5.74) is 0. The molecular weight excluding hydrogens is 218 g/mol. The van der Waals surface area contributed by atoms with E-state index in [0.717, 1.165) is 18.2 Å². The fourth-order valence-electron chi connectivity index (χ4n) is 1.12. The van der Waals surface area contributed by atoms with Gasteiger partial charge in [0.15, 0.2) is 0 Å². The van der Waals surface area contributed by atoms with Crippen molar-refractivity contribution in [2.24, 2.45) is 0 Å². The summed E-state index contributed by atoms with van der Waals surface area (Å²) < 4.78 is 35.0. The van der Waals surface area contributed by atoms with E-state index in [9.17, 15) is 13.6 Å². The van der Waals surface area contributed by atoms with Gasteiger partial charge in [-0.2, -0.15) is 0 Å². The van der Waals surface area contributed by atoms with Crippen LogP contribution in [-0.2, 0) is 9.53 Å². The highest BCUT2D eigenvalue weighted by Gasteiger charge is 2.03. The largest absolute Gasteiger partial charge is 0.493 e. The SMILES string of the molecule is COC(=O)CCCOc1cc(F)cc(F)c1. The van der Waals surface area contributed by atoms with Crippen LogP contribution in [0.25, 0.3) is 0 Å². The average molecular weight is 230 g/mol. The van der Waals surface area contributed by atoms with Crippen molar-refractivity contribution in [1.82, 2.24) is 0 Å². The Hall–Kier alpha value is -1.65. The fourth-order valence-corrected chi connectivity index (χ4v) is 1.12. The number of carbonyl (C=O) groups is 1. The summed E-state index contributed by atoms with van der Waals surface area (Å²) >= 11 is 0.